The number of thioether (sulfide) groups is 1. The minimum Gasteiger partial charge on any atom is -0.454 e. The quantitative estimate of drug-likeness (QED) is 0.399. The van der Waals surface area contributed by atoms with E-state index in [1.54, 1.807) is 18.2 Å². The first-order chi connectivity index (χ1) is 15.7. The number of anilines is 1. The smallest absolute Gasteiger partial charge is 0.232 e. The molecule has 32 heavy (non-hydrogen) atoms. The Bertz CT molecular complexity index is 1130. The molecule has 1 saturated heterocycles. The van der Waals surface area contributed by atoms with Crippen LogP contribution in [-0.4, -0.2) is 59.4 Å². The van der Waals surface area contributed by atoms with Gasteiger partial charge >= 0.3 is 0 Å². The van der Waals surface area contributed by atoms with Gasteiger partial charge < -0.3 is 19.1 Å². The minimum atomic E-state index is -0.00178. The molecule has 1 aromatic heterocycles. The average Bonchev–Trinajstić information content (AvgIpc) is 3.49. The largest absolute Gasteiger partial charge is 0.454 e. The molecule has 0 bridgehead atoms. The Morgan fingerprint density at radius 2 is 1.91 bits per heavy atom. The van der Waals surface area contributed by atoms with Crippen LogP contribution in [0.5, 0.6) is 11.5 Å². The first-order valence-electron chi connectivity index (χ1n) is 10.7. The van der Waals surface area contributed by atoms with Crippen molar-refractivity contribution in [1.82, 2.24) is 14.8 Å². The molecule has 166 valence electrons. The second-order valence-electron chi connectivity index (χ2n) is 7.52. The van der Waals surface area contributed by atoms with E-state index in [2.05, 4.69) is 40.2 Å². The lowest BCUT2D eigenvalue weighted by molar-refractivity contribution is 0.102. The van der Waals surface area contributed by atoms with Crippen LogP contribution in [-0.2, 0) is 11.2 Å². The fourth-order valence-electron chi connectivity index (χ4n) is 3.75. The lowest BCUT2D eigenvalue weighted by Crippen LogP contribution is -2.37. The van der Waals surface area contributed by atoms with E-state index in [1.807, 2.05) is 10.6 Å². The molecule has 9 heteroatoms. The van der Waals surface area contributed by atoms with E-state index in [0.29, 0.717) is 35.4 Å². The number of fused-ring (bicyclic) bond motifs is 1. The molecule has 3 heterocycles. The molecule has 2 aliphatic heterocycles. The van der Waals surface area contributed by atoms with E-state index in [0.717, 1.165) is 31.1 Å². The van der Waals surface area contributed by atoms with Crippen LogP contribution < -0.4 is 14.4 Å². The van der Waals surface area contributed by atoms with Gasteiger partial charge in [0.05, 0.1) is 24.7 Å². The molecule has 2 aromatic carbocycles. The number of carbonyl (C=O) groups excluding carboxylic acids is 1. The van der Waals surface area contributed by atoms with E-state index in [1.165, 1.54) is 17.3 Å². The van der Waals surface area contributed by atoms with Gasteiger partial charge in [-0.05, 0) is 42.3 Å². The van der Waals surface area contributed by atoms with Crippen LogP contribution in [0.1, 0.15) is 22.8 Å². The molecule has 0 unspecified atom stereocenters. The number of carbonyl (C=O) groups is 1. The van der Waals surface area contributed by atoms with Crippen LogP contribution in [0.2, 0.25) is 0 Å². The van der Waals surface area contributed by atoms with Gasteiger partial charge in [-0.25, -0.2) is 0 Å². The molecule has 0 atom stereocenters. The monoisotopic (exact) mass is 452 g/mol. The Hall–Kier alpha value is -3.04. The first kappa shape index (κ1) is 20.8. The molecule has 8 nitrogen and oxygen atoms in total. The van der Waals surface area contributed by atoms with Gasteiger partial charge in [-0.15, -0.1) is 10.2 Å². The van der Waals surface area contributed by atoms with Crippen LogP contribution in [0.4, 0.5) is 5.95 Å². The van der Waals surface area contributed by atoms with Crippen molar-refractivity contribution >= 4 is 23.5 Å². The van der Waals surface area contributed by atoms with Gasteiger partial charge in [-0.2, -0.15) is 0 Å². The van der Waals surface area contributed by atoms with Crippen molar-refractivity contribution in [2.24, 2.45) is 0 Å². The van der Waals surface area contributed by atoms with Gasteiger partial charge in [0.2, 0.25) is 12.7 Å². The second kappa shape index (κ2) is 9.22. The van der Waals surface area contributed by atoms with E-state index in [4.69, 9.17) is 14.2 Å². The third kappa shape index (κ3) is 4.18. The molecule has 0 saturated carbocycles. The standard InChI is InChI=1S/C23H24N4O4S/c1-2-16-4-3-5-18(12-16)27-22(26-8-10-29-11-9-26)24-25-23(27)32-14-19(28)17-6-7-20-21(13-17)31-15-30-20/h3-7,12-13H,2,8-11,14-15H2,1H3. The van der Waals surface area contributed by atoms with Gasteiger partial charge in [-0.1, -0.05) is 30.8 Å². The average molecular weight is 453 g/mol. The third-order valence-electron chi connectivity index (χ3n) is 5.51. The van der Waals surface area contributed by atoms with E-state index in [9.17, 15) is 4.79 Å². The molecule has 0 radical (unpaired) electrons. The van der Waals surface area contributed by atoms with Crippen molar-refractivity contribution in [2.45, 2.75) is 18.5 Å². The highest BCUT2D eigenvalue weighted by Gasteiger charge is 2.23. The van der Waals surface area contributed by atoms with Crippen molar-refractivity contribution in [3.05, 3.63) is 53.6 Å². The number of nitrogens with zero attached hydrogens (tertiary/aromatic N) is 4. The molecule has 3 aromatic rings. The molecule has 1 fully saturated rings. The molecule has 0 aliphatic carbocycles. The minimum absolute atomic E-state index is 0.00178. The topological polar surface area (TPSA) is 78.7 Å². The summed E-state index contributed by atoms with van der Waals surface area (Å²) in [6, 6.07) is 13.6. The van der Waals surface area contributed by atoms with E-state index >= 15 is 0 Å². The van der Waals surface area contributed by atoms with Gasteiger partial charge in [0.15, 0.2) is 22.4 Å². The predicted octanol–water partition coefficient (Wildman–Crippen LogP) is 3.37. The summed E-state index contributed by atoms with van der Waals surface area (Å²) in [4.78, 5) is 15.1. The molecule has 0 amide bonds. The highest BCUT2D eigenvalue weighted by molar-refractivity contribution is 7.99. The first-order valence-corrected chi connectivity index (χ1v) is 11.6. The third-order valence-corrected chi connectivity index (χ3v) is 6.44. The van der Waals surface area contributed by atoms with Crippen molar-refractivity contribution in [2.75, 3.05) is 43.7 Å². The van der Waals surface area contributed by atoms with Crippen LogP contribution in [0.15, 0.2) is 47.6 Å². The summed E-state index contributed by atoms with van der Waals surface area (Å²) in [5.41, 5.74) is 2.82. The number of hydrogen-bond acceptors (Lipinski definition) is 8. The maximum absolute atomic E-state index is 12.9. The number of aryl methyl sites for hydroxylation is 1. The number of hydrogen-bond donors (Lipinski definition) is 0. The van der Waals surface area contributed by atoms with Gasteiger partial charge in [-0.3, -0.25) is 9.36 Å². The summed E-state index contributed by atoms with van der Waals surface area (Å²) in [5, 5.41) is 9.62. The number of Topliss-reactive ketones (excluding diaryl/α,β-unsaturated/α-hetero) is 1. The summed E-state index contributed by atoms with van der Waals surface area (Å²) in [5.74, 6) is 2.29. The highest BCUT2D eigenvalue weighted by Crippen LogP contribution is 2.33. The van der Waals surface area contributed by atoms with Gasteiger partial charge in [0.25, 0.3) is 0 Å². The zero-order valence-electron chi connectivity index (χ0n) is 17.8. The second-order valence-corrected chi connectivity index (χ2v) is 8.46. The summed E-state index contributed by atoms with van der Waals surface area (Å²) in [6.45, 7) is 5.15. The summed E-state index contributed by atoms with van der Waals surface area (Å²) >= 11 is 1.39. The van der Waals surface area contributed by atoms with Crippen molar-refractivity contribution in [3.63, 3.8) is 0 Å². The van der Waals surface area contributed by atoms with Crippen LogP contribution >= 0.6 is 11.8 Å². The lowest BCUT2D eigenvalue weighted by Gasteiger charge is -2.28. The number of ether oxygens (including phenoxy) is 3. The fourth-order valence-corrected chi connectivity index (χ4v) is 4.59. The molecule has 0 N–H and O–H groups in total. The van der Waals surface area contributed by atoms with Crippen molar-refractivity contribution in [3.8, 4) is 17.2 Å². The Morgan fingerprint density at radius 1 is 1.06 bits per heavy atom. The SMILES string of the molecule is CCc1cccc(-n2c(SCC(=O)c3ccc4c(c3)OCO4)nnc2N2CCOCC2)c1. The predicted molar refractivity (Wildman–Crippen MR) is 121 cm³/mol. The Morgan fingerprint density at radius 3 is 2.75 bits per heavy atom. The van der Waals surface area contributed by atoms with Crippen LogP contribution in [0, 0.1) is 0 Å². The molecule has 5 rings (SSSR count). The Kier molecular flexibility index (Phi) is 6.00. The highest BCUT2D eigenvalue weighted by atomic mass is 32.2. The lowest BCUT2D eigenvalue weighted by atomic mass is 10.1. The zero-order valence-corrected chi connectivity index (χ0v) is 18.6. The normalized spacial score (nSPS) is 15.2. The molecule has 0 spiro atoms. The van der Waals surface area contributed by atoms with Gasteiger partial charge in [0.1, 0.15) is 0 Å². The van der Waals surface area contributed by atoms with Crippen molar-refractivity contribution < 1.29 is 19.0 Å². The number of rotatable bonds is 7. The summed E-state index contributed by atoms with van der Waals surface area (Å²) < 4.78 is 18.3. The number of aromatic nitrogens is 3. The van der Waals surface area contributed by atoms with Crippen LogP contribution in [0.25, 0.3) is 5.69 Å². The van der Waals surface area contributed by atoms with Gasteiger partial charge in [0, 0.05) is 18.7 Å². The van der Waals surface area contributed by atoms with Crippen molar-refractivity contribution in [1.29, 1.82) is 0 Å². The Labute approximate surface area is 190 Å². The fraction of sp³-hybridized carbons (Fsp3) is 0.348. The summed E-state index contributed by atoms with van der Waals surface area (Å²) in [7, 11) is 0. The molecular weight excluding hydrogens is 428 g/mol. The zero-order chi connectivity index (χ0) is 21.9. The maximum atomic E-state index is 12.9. The maximum Gasteiger partial charge on any atom is 0.232 e. The summed E-state index contributed by atoms with van der Waals surface area (Å²) in [6.07, 6.45) is 0.938. The van der Waals surface area contributed by atoms with E-state index in [-0.39, 0.29) is 18.3 Å². The molecule has 2 aliphatic rings. The number of ketones is 1. The number of benzene rings is 2. The Balaban J connectivity index is 1.41. The molecular formula is C23H24N4O4S. The van der Waals surface area contributed by atoms with E-state index < -0.39 is 0 Å². The number of morpholine rings is 1. The van der Waals surface area contributed by atoms with Crippen LogP contribution in [0.3, 0.4) is 0 Å².